The number of aromatic nitrogens is 1. The average Bonchev–Trinajstić information content (AvgIpc) is 3.43. The number of fused-ring (bicyclic) bond motifs is 2. The Balaban J connectivity index is 1.67. The van der Waals surface area contributed by atoms with Crippen LogP contribution < -0.4 is 9.64 Å². The molecule has 0 unspecified atom stereocenters. The Labute approximate surface area is 199 Å². The highest BCUT2D eigenvalue weighted by Gasteiger charge is 2.26. The van der Waals surface area contributed by atoms with Crippen LogP contribution in [0.1, 0.15) is 25.8 Å². The number of nitrogens with zero attached hydrogens (tertiary/aromatic N) is 2. The minimum absolute atomic E-state index is 0.106. The third-order valence-electron chi connectivity index (χ3n) is 5.84. The molecule has 0 radical (unpaired) electrons. The molecule has 0 saturated heterocycles. The average molecular weight is 501 g/mol. The number of likely N-dealkylation sites (N-methyl/N-ethyl adjacent to an activating group) is 1. The van der Waals surface area contributed by atoms with Crippen LogP contribution in [0.15, 0.2) is 59.5 Å². The highest BCUT2D eigenvalue weighted by Crippen LogP contribution is 2.35. The largest absolute Gasteiger partial charge is 0.490 e. The van der Waals surface area contributed by atoms with Crippen molar-refractivity contribution in [1.82, 2.24) is 3.97 Å². The predicted octanol–water partition coefficient (Wildman–Crippen LogP) is 4.53. The number of hydrogen-bond acceptors (Lipinski definition) is 6. The summed E-state index contributed by atoms with van der Waals surface area (Å²) in [7, 11) is -2.15. The van der Waals surface area contributed by atoms with E-state index >= 15 is 0 Å². The van der Waals surface area contributed by atoms with Crippen LogP contribution in [0.2, 0.25) is 0 Å². The summed E-state index contributed by atoms with van der Waals surface area (Å²) in [4.78, 5) is 14.2. The van der Waals surface area contributed by atoms with Gasteiger partial charge >= 0.3 is 5.97 Å². The lowest BCUT2D eigenvalue weighted by molar-refractivity contribution is 0.0702. The van der Waals surface area contributed by atoms with Crippen molar-refractivity contribution in [3.63, 3.8) is 0 Å². The Morgan fingerprint density at radius 1 is 1.15 bits per heavy atom. The minimum Gasteiger partial charge on any atom is -0.490 e. The second-order valence-corrected chi connectivity index (χ2v) is 11.0. The molecule has 0 spiro atoms. The van der Waals surface area contributed by atoms with Crippen LogP contribution >= 0.6 is 11.3 Å². The maximum atomic E-state index is 13.9. The summed E-state index contributed by atoms with van der Waals surface area (Å²) in [5.41, 5.74) is 2.04. The first-order valence-electron chi connectivity index (χ1n) is 10.5. The first-order valence-corrected chi connectivity index (χ1v) is 12.8. The lowest BCUT2D eigenvalue weighted by Crippen LogP contribution is -2.29. The lowest BCUT2D eigenvalue weighted by Gasteiger charge is -2.28. The second kappa shape index (κ2) is 8.44. The van der Waals surface area contributed by atoms with E-state index in [0.717, 1.165) is 11.3 Å². The SMILES string of the molecule is CN1CCOc2ccc(S(=O)(=O)n3c(Cc4ccc(C(=O)O)s4)cc4cc(CF)ccc43)cc21. The Kier molecular flexibility index (Phi) is 5.57. The van der Waals surface area contributed by atoms with Gasteiger partial charge in [-0.1, -0.05) is 6.07 Å². The number of alkyl halides is 1. The number of aromatic carboxylic acids is 1. The van der Waals surface area contributed by atoms with Gasteiger partial charge in [0.05, 0.1) is 22.6 Å². The van der Waals surface area contributed by atoms with Gasteiger partial charge in [-0.15, -0.1) is 11.3 Å². The quantitative estimate of drug-likeness (QED) is 0.419. The molecule has 1 aliphatic rings. The number of hydrogen-bond donors (Lipinski definition) is 1. The van der Waals surface area contributed by atoms with Crippen molar-refractivity contribution in [2.45, 2.75) is 18.0 Å². The van der Waals surface area contributed by atoms with Gasteiger partial charge in [-0.2, -0.15) is 0 Å². The molecule has 5 rings (SSSR count). The van der Waals surface area contributed by atoms with Crippen molar-refractivity contribution >= 4 is 43.9 Å². The molecule has 0 atom stereocenters. The Morgan fingerprint density at radius 3 is 2.71 bits per heavy atom. The van der Waals surface area contributed by atoms with Gasteiger partial charge in [0, 0.05) is 29.4 Å². The smallest absolute Gasteiger partial charge is 0.345 e. The Morgan fingerprint density at radius 2 is 1.97 bits per heavy atom. The first-order chi connectivity index (χ1) is 16.3. The van der Waals surface area contributed by atoms with E-state index in [0.29, 0.717) is 51.6 Å². The van der Waals surface area contributed by atoms with Crippen molar-refractivity contribution in [2.75, 3.05) is 25.1 Å². The van der Waals surface area contributed by atoms with E-state index < -0.39 is 22.7 Å². The van der Waals surface area contributed by atoms with Gasteiger partial charge in [0.25, 0.3) is 10.0 Å². The predicted molar refractivity (Wildman–Crippen MR) is 129 cm³/mol. The molecular formula is C24H21FN2O5S2. The fraction of sp³-hybridized carbons (Fsp3) is 0.208. The van der Waals surface area contributed by atoms with Crippen LogP contribution in [0.5, 0.6) is 5.75 Å². The first kappa shape index (κ1) is 22.4. The second-order valence-electron chi connectivity index (χ2n) is 8.08. The van der Waals surface area contributed by atoms with Gasteiger partial charge in [-0.25, -0.2) is 21.6 Å². The molecule has 2 aromatic carbocycles. The molecule has 2 aromatic heterocycles. The van der Waals surface area contributed by atoms with Crippen LogP contribution in [-0.2, 0) is 23.1 Å². The number of thiophene rings is 1. The molecule has 1 aliphatic heterocycles. The van der Waals surface area contributed by atoms with E-state index in [1.165, 1.54) is 16.1 Å². The van der Waals surface area contributed by atoms with Crippen molar-refractivity contribution in [3.8, 4) is 5.75 Å². The fourth-order valence-corrected chi connectivity index (χ4v) is 6.57. The van der Waals surface area contributed by atoms with Crippen LogP contribution in [0.3, 0.4) is 0 Å². The fourth-order valence-electron chi connectivity index (χ4n) is 4.15. The van der Waals surface area contributed by atoms with E-state index in [4.69, 9.17) is 4.74 Å². The summed E-state index contributed by atoms with van der Waals surface area (Å²) >= 11 is 1.10. The molecule has 10 heteroatoms. The van der Waals surface area contributed by atoms with Crippen molar-refractivity contribution in [1.29, 1.82) is 0 Å². The summed E-state index contributed by atoms with van der Waals surface area (Å²) in [5.74, 6) is -0.407. The molecule has 0 amide bonds. The van der Waals surface area contributed by atoms with E-state index in [1.54, 1.807) is 42.5 Å². The van der Waals surface area contributed by atoms with Crippen molar-refractivity contribution in [3.05, 3.63) is 75.6 Å². The molecule has 3 heterocycles. The molecular weight excluding hydrogens is 479 g/mol. The molecule has 0 saturated carbocycles. The van der Waals surface area contributed by atoms with E-state index in [-0.39, 0.29) is 16.2 Å². The zero-order chi connectivity index (χ0) is 24.0. The van der Waals surface area contributed by atoms with E-state index in [1.807, 2.05) is 11.9 Å². The van der Waals surface area contributed by atoms with Gasteiger partial charge in [-0.05, 0) is 54.1 Å². The number of carboxylic acids is 1. The Hall–Kier alpha value is -3.37. The summed E-state index contributed by atoms with van der Waals surface area (Å²) in [6.07, 6.45) is 0.213. The third-order valence-corrected chi connectivity index (χ3v) is 8.67. The molecule has 0 fully saturated rings. The number of benzene rings is 2. The van der Waals surface area contributed by atoms with Crippen LogP contribution in [0, 0.1) is 0 Å². The molecule has 176 valence electrons. The summed E-state index contributed by atoms with van der Waals surface area (Å²) in [6.45, 7) is 0.510. The maximum absolute atomic E-state index is 13.9. The van der Waals surface area contributed by atoms with Gasteiger partial charge in [0.2, 0.25) is 0 Å². The highest BCUT2D eigenvalue weighted by atomic mass is 32.2. The van der Waals surface area contributed by atoms with Crippen molar-refractivity contribution in [2.24, 2.45) is 0 Å². The lowest BCUT2D eigenvalue weighted by atomic mass is 10.1. The number of anilines is 1. The van der Waals surface area contributed by atoms with Crippen molar-refractivity contribution < 1.29 is 27.4 Å². The van der Waals surface area contributed by atoms with Gasteiger partial charge in [0.15, 0.2) is 0 Å². The molecule has 7 nitrogen and oxygen atoms in total. The monoisotopic (exact) mass is 500 g/mol. The third kappa shape index (κ3) is 3.82. The van der Waals surface area contributed by atoms with E-state index in [9.17, 15) is 22.7 Å². The normalized spacial score (nSPS) is 13.6. The van der Waals surface area contributed by atoms with Crippen LogP contribution in [0.25, 0.3) is 10.9 Å². The number of halogens is 1. The van der Waals surface area contributed by atoms with Gasteiger partial charge in [0.1, 0.15) is 23.9 Å². The minimum atomic E-state index is -4.03. The standard InChI is InChI=1S/C24H21FN2O5S2/c1-26-8-9-32-22-6-4-19(13-21(22)26)34(30,31)27-17(12-18-3-7-23(33-18)24(28)29)11-16-10-15(14-25)2-5-20(16)27/h2-7,10-11,13H,8-9,12,14H2,1H3,(H,28,29). The molecule has 0 bridgehead atoms. The van der Waals surface area contributed by atoms with E-state index in [2.05, 4.69) is 0 Å². The molecule has 4 aromatic rings. The molecule has 34 heavy (non-hydrogen) atoms. The number of carboxylic acid groups (broad SMARTS) is 1. The number of ether oxygens (including phenoxy) is 1. The maximum Gasteiger partial charge on any atom is 0.345 e. The van der Waals surface area contributed by atoms with Crippen LogP contribution in [-0.4, -0.2) is 43.7 Å². The summed E-state index contributed by atoms with van der Waals surface area (Å²) in [5, 5.41) is 9.85. The summed E-state index contributed by atoms with van der Waals surface area (Å²) < 4.78 is 48.0. The number of rotatable bonds is 6. The highest BCUT2D eigenvalue weighted by molar-refractivity contribution is 7.90. The topological polar surface area (TPSA) is 88.8 Å². The molecule has 1 N–H and O–H groups in total. The summed E-state index contributed by atoms with van der Waals surface area (Å²) in [6, 6.07) is 14.5. The Bertz CT molecular complexity index is 1520. The van der Waals surface area contributed by atoms with Gasteiger partial charge < -0.3 is 14.7 Å². The van der Waals surface area contributed by atoms with Gasteiger partial charge in [-0.3, -0.25) is 0 Å². The van der Waals surface area contributed by atoms with Crippen LogP contribution in [0.4, 0.5) is 10.1 Å². The number of carbonyl (C=O) groups is 1. The zero-order valence-electron chi connectivity index (χ0n) is 18.2. The zero-order valence-corrected chi connectivity index (χ0v) is 19.8. The molecule has 0 aliphatic carbocycles.